The van der Waals surface area contributed by atoms with Crippen LogP contribution in [0.15, 0.2) is 76.1 Å². The van der Waals surface area contributed by atoms with Crippen LogP contribution in [0.4, 0.5) is 0 Å². The highest BCUT2D eigenvalue weighted by atomic mass is 16.5. The summed E-state index contributed by atoms with van der Waals surface area (Å²) in [5.74, 6) is 1.21. The molecule has 0 aliphatic carbocycles. The summed E-state index contributed by atoms with van der Waals surface area (Å²) in [6.07, 6.45) is 1.58. The van der Waals surface area contributed by atoms with Gasteiger partial charge in [-0.25, -0.2) is 0 Å². The van der Waals surface area contributed by atoms with Crippen LogP contribution in [0, 0.1) is 0 Å². The Hall–Kier alpha value is -3.80. The molecular weight excluding hydrogens is 428 g/mol. The Bertz CT molecular complexity index is 1330. The van der Waals surface area contributed by atoms with E-state index in [1.165, 1.54) is 0 Å². The second kappa shape index (κ2) is 9.59. The van der Waals surface area contributed by atoms with Gasteiger partial charge in [0.05, 0.1) is 26.0 Å². The van der Waals surface area contributed by atoms with Crippen molar-refractivity contribution < 1.29 is 13.9 Å². The summed E-state index contributed by atoms with van der Waals surface area (Å²) in [6.45, 7) is 9.28. The van der Waals surface area contributed by atoms with Crippen LogP contribution in [0.3, 0.4) is 0 Å². The highest BCUT2D eigenvalue weighted by molar-refractivity contribution is 5.94. The van der Waals surface area contributed by atoms with Crippen LogP contribution >= 0.6 is 0 Å². The molecule has 4 rings (SSSR count). The zero-order chi connectivity index (χ0) is 24.3. The highest BCUT2D eigenvalue weighted by Gasteiger charge is 2.21. The minimum atomic E-state index is -0.225. The average molecular weight is 459 g/mol. The van der Waals surface area contributed by atoms with E-state index in [-0.39, 0.29) is 30.0 Å². The molecule has 0 saturated heterocycles. The lowest BCUT2D eigenvalue weighted by Crippen LogP contribution is -2.32. The van der Waals surface area contributed by atoms with Crippen LogP contribution in [0.25, 0.3) is 10.9 Å². The van der Waals surface area contributed by atoms with Gasteiger partial charge in [-0.15, -0.1) is 0 Å². The molecule has 0 atom stereocenters. The van der Waals surface area contributed by atoms with Crippen molar-refractivity contribution in [1.82, 2.24) is 9.88 Å². The molecule has 0 bridgehead atoms. The van der Waals surface area contributed by atoms with Gasteiger partial charge in [0.15, 0.2) is 0 Å². The largest absolute Gasteiger partial charge is 0.494 e. The zero-order valence-corrected chi connectivity index (χ0v) is 20.1. The predicted octanol–water partition coefficient (Wildman–Crippen LogP) is 5.66. The number of nitrogens with one attached hydrogen (secondary N) is 1. The number of H-pyrrole nitrogens is 1. The number of benzene rings is 2. The van der Waals surface area contributed by atoms with E-state index < -0.39 is 0 Å². The first-order valence-electron chi connectivity index (χ1n) is 11.5. The maximum atomic E-state index is 13.5. The lowest BCUT2D eigenvalue weighted by Gasteiger charge is -2.23. The quantitative estimate of drug-likeness (QED) is 0.388. The van der Waals surface area contributed by atoms with Crippen LogP contribution in [-0.4, -0.2) is 22.4 Å². The van der Waals surface area contributed by atoms with Gasteiger partial charge in [0.2, 0.25) is 0 Å². The Morgan fingerprint density at radius 3 is 2.44 bits per heavy atom. The summed E-state index contributed by atoms with van der Waals surface area (Å²) >= 11 is 0. The molecule has 2 heterocycles. The monoisotopic (exact) mass is 458 g/mol. The Morgan fingerprint density at radius 1 is 1.03 bits per heavy atom. The number of fused-ring (bicyclic) bond motifs is 1. The topological polar surface area (TPSA) is 75.5 Å². The maximum Gasteiger partial charge on any atom is 0.254 e. The molecule has 1 N–H and O–H groups in total. The molecule has 0 unspecified atom stereocenters. The summed E-state index contributed by atoms with van der Waals surface area (Å²) in [5.41, 5.74) is 2.70. The molecule has 0 spiro atoms. The van der Waals surface area contributed by atoms with E-state index in [0.717, 1.165) is 22.2 Å². The van der Waals surface area contributed by atoms with Crippen molar-refractivity contribution in [3.05, 3.63) is 99.7 Å². The first kappa shape index (κ1) is 23.4. The summed E-state index contributed by atoms with van der Waals surface area (Å²) in [6, 6.07) is 18.6. The van der Waals surface area contributed by atoms with Gasteiger partial charge < -0.3 is 19.0 Å². The Balaban J connectivity index is 1.67. The second-order valence-electron chi connectivity index (χ2n) is 9.37. The van der Waals surface area contributed by atoms with Gasteiger partial charge in [0.1, 0.15) is 11.5 Å². The normalized spacial score (nSPS) is 11.5. The van der Waals surface area contributed by atoms with Gasteiger partial charge in [-0.05, 0) is 66.4 Å². The number of ether oxygens (including phenoxy) is 1. The minimum Gasteiger partial charge on any atom is -0.494 e. The molecule has 0 aliphatic rings. The molecule has 6 nitrogen and oxygen atoms in total. The molecule has 0 fully saturated rings. The van der Waals surface area contributed by atoms with E-state index in [0.29, 0.717) is 23.5 Å². The predicted molar refractivity (Wildman–Crippen MR) is 133 cm³/mol. The number of hydrogen-bond acceptors (Lipinski definition) is 4. The van der Waals surface area contributed by atoms with Gasteiger partial charge in [-0.3, -0.25) is 9.59 Å². The smallest absolute Gasteiger partial charge is 0.254 e. The fraction of sp³-hybridized carbons (Fsp3) is 0.286. The molecule has 1 amide bonds. The Labute approximate surface area is 199 Å². The molecule has 0 radical (unpaired) electrons. The van der Waals surface area contributed by atoms with Crippen LogP contribution in [0.1, 0.15) is 54.9 Å². The summed E-state index contributed by atoms with van der Waals surface area (Å²) in [7, 11) is 0. The van der Waals surface area contributed by atoms with Gasteiger partial charge >= 0.3 is 0 Å². The molecule has 0 saturated carbocycles. The van der Waals surface area contributed by atoms with E-state index >= 15 is 0 Å². The third-order valence-electron chi connectivity index (χ3n) is 5.78. The molecule has 2 aromatic carbocycles. The Kier molecular flexibility index (Phi) is 6.59. The number of pyridine rings is 1. The number of nitrogens with zero attached hydrogens (tertiary/aromatic N) is 1. The second-order valence-corrected chi connectivity index (χ2v) is 9.37. The van der Waals surface area contributed by atoms with Crippen molar-refractivity contribution in [2.75, 3.05) is 6.61 Å². The number of carbonyl (C=O) groups is 1. The molecule has 2 aromatic heterocycles. The van der Waals surface area contributed by atoms with Gasteiger partial charge in [-0.1, -0.05) is 32.9 Å². The third kappa shape index (κ3) is 5.22. The first-order valence-corrected chi connectivity index (χ1v) is 11.5. The molecule has 34 heavy (non-hydrogen) atoms. The number of rotatable bonds is 7. The highest BCUT2D eigenvalue weighted by Crippen LogP contribution is 2.24. The van der Waals surface area contributed by atoms with Crippen LogP contribution in [0.2, 0.25) is 0 Å². The van der Waals surface area contributed by atoms with Gasteiger partial charge in [-0.2, -0.15) is 0 Å². The SMILES string of the molecule is CCOc1ccc2[nH]c(=O)c(CN(Cc3ccco3)C(=O)c3ccc(C(C)(C)C)cc3)cc2c1. The number of furan rings is 1. The minimum absolute atomic E-state index is 0.00579. The average Bonchev–Trinajstić information content (AvgIpc) is 3.32. The maximum absolute atomic E-state index is 13.5. The van der Waals surface area contributed by atoms with Gasteiger partial charge in [0, 0.05) is 22.0 Å². The number of aromatic nitrogens is 1. The van der Waals surface area contributed by atoms with E-state index in [2.05, 4.69) is 25.8 Å². The zero-order valence-electron chi connectivity index (χ0n) is 20.1. The molecular formula is C28H30N2O4. The lowest BCUT2D eigenvalue weighted by atomic mass is 9.86. The number of amides is 1. The standard InChI is InChI=1S/C28H30N2O4/c1-5-33-23-12-13-25-20(16-23)15-21(26(31)29-25)17-30(18-24-7-6-14-34-24)27(32)19-8-10-22(11-9-19)28(2,3)4/h6-16H,5,17-18H2,1-4H3,(H,29,31). The van der Waals surface area contributed by atoms with E-state index in [1.807, 2.05) is 61.5 Å². The van der Waals surface area contributed by atoms with Crippen molar-refractivity contribution in [1.29, 1.82) is 0 Å². The number of carbonyl (C=O) groups excluding carboxylic acids is 1. The van der Waals surface area contributed by atoms with Gasteiger partial charge in [0.25, 0.3) is 11.5 Å². The van der Waals surface area contributed by atoms with Crippen LogP contribution in [-0.2, 0) is 18.5 Å². The number of hydrogen-bond donors (Lipinski definition) is 1. The lowest BCUT2D eigenvalue weighted by molar-refractivity contribution is 0.0717. The van der Waals surface area contributed by atoms with Crippen molar-refractivity contribution in [3.63, 3.8) is 0 Å². The fourth-order valence-corrected chi connectivity index (χ4v) is 3.89. The van der Waals surface area contributed by atoms with E-state index in [4.69, 9.17) is 9.15 Å². The molecule has 0 aliphatic heterocycles. The number of aromatic amines is 1. The summed E-state index contributed by atoms with van der Waals surface area (Å²) in [5, 5.41) is 0.848. The molecule has 4 aromatic rings. The van der Waals surface area contributed by atoms with Crippen molar-refractivity contribution in [3.8, 4) is 5.75 Å². The first-order chi connectivity index (χ1) is 16.2. The van der Waals surface area contributed by atoms with Crippen molar-refractivity contribution >= 4 is 16.8 Å². The van der Waals surface area contributed by atoms with Crippen LogP contribution in [0.5, 0.6) is 5.75 Å². The molecule has 6 heteroatoms. The van der Waals surface area contributed by atoms with Crippen LogP contribution < -0.4 is 10.3 Å². The fourth-order valence-electron chi connectivity index (χ4n) is 3.89. The Morgan fingerprint density at radius 2 is 1.79 bits per heavy atom. The molecule has 176 valence electrons. The third-order valence-corrected chi connectivity index (χ3v) is 5.78. The summed E-state index contributed by atoms with van der Waals surface area (Å²) < 4.78 is 11.1. The van der Waals surface area contributed by atoms with Crippen molar-refractivity contribution in [2.45, 2.75) is 46.2 Å². The summed E-state index contributed by atoms with van der Waals surface area (Å²) in [4.78, 5) is 30.9. The van der Waals surface area contributed by atoms with E-state index in [9.17, 15) is 9.59 Å². The van der Waals surface area contributed by atoms with E-state index in [1.54, 1.807) is 17.2 Å². The van der Waals surface area contributed by atoms with Crippen molar-refractivity contribution in [2.24, 2.45) is 0 Å².